The van der Waals surface area contributed by atoms with Crippen molar-refractivity contribution < 1.29 is 9.66 Å². The average molecular weight is 373 g/mol. The van der Waals surface area contributed by atoms with E-state index in [-0.39, 0.29) is 29.4 Å². The number of nitrogens with one attached hydrogen (secondary N) is 1. The second kappa shape index (κ2) is 8.55. The largest absolute Gasteiger partial charge is 0.434 e. The Morgan fingerprint density at radius 2 is 1.78 bits per heavy atom. The summed E-state index contributed by atoms with van der Waals surface area (Å²) in [6.07, 6.45) is 2.92. The maximum atomic E-state index is 11.8. The number of hydrogen-bond donors (Lipinski definition) is 1. The van der Waals surface area contributed by atoms with Crippen molar-refractivity contribution in [2.45, 2.75) is 79.3 Å². The molecular weight excluding hydrogens is 342 g/mol. The summed E-state index contributed by atoms with van der Waals surface area (Å²) in [5.74, 6) is 0.877. The van der Waals surface area contributed by atoms with Gasteiger partial charge >= 0.3 is 5.70 Å². The quantitative estimate of drug-likeness (QED) is 0.531. The molecule has 0 fully saturated rings. The van der Waals surface area contributed by atoms with Gasteiger partial charge in [-0.25, -0.2) is 0 Å². The van der Waals surface area contributed by atoms with Gasteiger partial charge in [0.2, 0.25) is 0 Å². The Kier molecular flexibility index (Phi) is 6.63. The predicted octanol–water partition coefficient (Wildman–Crippen LogP) is 5.13. The van der Waals surface area contributed by atoms with E-state index in [9.17, 15) is 10.1 Å². The lowest BCUT2D eigenvalue weighted by Gasteiger charge is -2.41. The number of benzene rings is 1. The van der Waals surface area contributed by atoms with Crippen LogP contribution < -0.4 is 4.74 Å². The van der Waals surface area contributed by atoms with Gasteiger partial charge in [-0.3, -0.25) is 15.5 Å². The van der Waals surface area contributed by atoms with Gasteiger partial charge in [0, 0.05) is 18.5 Å². The van der Waals surface area contributed by atoms with E-state index >= 15 is 0 Å². The number of hydrogen-bond acceptors (Lipinski definition) is 5. The van der Waals surface area contributed by atoms with E-state index in [1.807, 2.05) is 32.9 Å². The summed E-state index contributed by atoms with van der Waals surface area (Å²) < 4.78 is 6.27. The van der Waals surface area contributed by atoms with E-state index in [1.54, 1.807) is 0 Å². The van der Waals surface area contributed by atoms with Crippen molar-refractivity contribution in [1.82, 2.24) is 4.90 Å². The molecule has 6 nitrogen and oxygen atoms in total. The average Bonchev–Trinajstić information content (AvgIpc) is 2.59. The highest BCUT2D eigenvalue weighted by Crippen LogP contribution is 2.35. The minimum atomic E-state index is -0.461. The normalized spacial score (nSPS) is 17.7. The van der Waals surface area contributed by atoms with Crippen LogP contribution in [0.1, 0.15) is 63.1 Å². The van der Waals surface area contributed by atoms with Crippen LogP contribution in [0.5, 0.6) is 5.75 Å². The first-order chi connectivity index (χ1) is 12.7. The Bertz CT molecular complexity index is 743. The van der Waals surface area contributed by atoms with E-state index in [0.717, 1.165) is 36.0 Å². The van der Waals surface area contributed by atoms with Gasteiger partial charge in [0.15, 0.2) is 0 Å². The van der Waals surface area contributed by atoms with E-state index in [2.05, 4.69) is 25.7 Å². The van der Waals surface area contributed by atoms with Crippen molar-refractivity contribution in [3.05, 3.63) is 50.5 Å². The molecule has 2 rings (SSSR count). The summed E-state index contributed by atoms with van der Waals surface area (Å²) in [7, 11) is 0. The van der Waals surface area contributed by atoms with E-state index in [1.165, 1.54) is 0 Å². The van der Waals surface area contributed by atoms with Gasteiger partial charge in [-0.1, -0.05) is 38.5 Å². The van der Waals surface area contributed by atoms with E-state index in [4.69, 9.17) is 10.1 Å². The first-order valence-corrected chi connectivity index (χ1v) is 9.75. The standard InChI is InChI=1S/C21H31N3O3/c1-7-16(8-2)23-17(9-3)12-18(22)19(24(25)26)21(23)27-20-14(5)10-13(4)11-15(20)6/h10-11,16-17,22H,7-9,12H2,1-6H3. The van der Waals surface area contributed by atoms with Crippen LogP contribution in [0.15, 0.2) is 23.7 Å². The second-order valence-corrected chi connectivity index (χ2v) is 7.36. The van der Waals surface area contributed by atoms with Crippen LogP contribution in [0.25, 0.3) is 0 Å². The molecule has 1 atom stereocenters. The maximum Gasteiger partial charge on any atom is 0.349 e. The molecule has 0 saturated heterocycles. The number of ether oxygens (including phenoxy) is 1. The number of allylic oxidation sites excluding steroid dienone is 1. The van der Waals surface area contributed by atoms with Crippen LogP contribution in [-0.2, 0) is 0 Å². The highest BCUT2D eigenvalue weighted by atomic mass is 16.6. The van der Waals surface area contributed by atoms with Crippen molar-refractivity contribution in [3.8, 4) is 5.75 Å². The van der Waals surface area contributed by atoms with Gasteiger partial charge in [0.1, 0.15) is 11.5 Å². The summed E-state index contributed by atoms with van der Waals surface area (Å²) in [6.45, 7) is 12.2. The van der Waals surface area contributed by atoms with Crippen molar-refractivity contribution in [2.24, 2.45) is 0 Å². The third-order valence-corrected chi connectivity index (χ3v) is 5.35. The minimum absolute atomic E-state index is 0.0344. The van der Waals surface area contributed by atoms with E-state index in [0.29, 0.717) is 12.2 Å². The van der Waals surface area contributed by atoms with Crippen LogP contribution in [-0.4, -0.2) is 27.6 Å². The molecular formula is C21H31N3O3. The lowest BCUT2D eigenvalue weighted by Crippen LogP contribution is -2.49. The smallest absolute Gasteiger partial charge is 0.349 e. The number of rotatable bonds is 7. The molecule has 0 amide bonds. The van der Waals surface area contributed by atoms with Crippen molar-refractivity contribution >= 4 is 5.71 Å². The zero-order chi connectivity index (χ0) is 20.3. The molecule has 1 aliphatic heterocycles. The molecule has 0 aliphatic carbocycles. The molecule has 1 N–H and O–H groups in total. The van der Waals surface area contributed by atoms with Crippen LogP contribution in [0.4, 0.5) is 0 Å². The molecule has 1 aromatic carbocycles. The number of nitro groups is 1. The molecule has 0 radical (unpaired) electrons. The zero-order valence-corrected chi connectivity index (χ0v) is 17.3. The Labute approximate surface area is 161 Å². The van der Waals surface area contributed by atoms with Gasteiger partial charge in [0.05, 0.1) is 4.92 Å². The minimum Gasteiger partial charge on any atom is -0.434 e. The lowest BCUT2D eigenvalue weighted by molar-refractivity contribution is -0.420. The Morgan fingerprint density at radius 1 is 1.22 bits per heavy atom. The first-order valence-electron chi connectivity index (χ1n) is 9.75. The number of nitrogens with zero attached hydrogens (tertiary/aromatic N) is 2. The summed E-state index contributed by atoms with van der Waals surface area (Å²) in [5.41, 5.74) is 2.85. The van der Waals surface area contributed by atoms with Gasteiger partial charge in [-0.15, -0.1) is 0 Å². The molecule has 1 heterocycles. The molecule has 1 unspecified atom stereocenters. The van der Waals surface area contributed by atoms with Crippen LogP contribution >= 0.6 is 0 Å². The zero-order valence-electron chi connectivity index (χ0n) is 17.3. The topological polar surface area (TPSA) is 79.5 Å². The summed E-state index contributed by atoms with van der Waals surface area (Å²) in [5, 5.41) is 20.1. The number of aryl methyl sites for hydroxylation is 3. The molecule has 148 valence electrons. The lowest BCUT2D eigenvalue weighted by atomic mass is 9.95. The molecule has 0 aromatic heterocycles. The molecule has 0 saturated carbocycles. The fourth-order valence-corrected chi connectivity index (χ4v) is 4.05. The molecule has 1 aromatic rings. The SMILES string of the molecule is CCC(CC)N1C(Oc2c(C)cc(C)cc2C)=C([N+](=O)[O-])C(=N)CC1CC. The summed E-state index contributed by atoms with van der Waals surface area (Å²) in [6, 6.07) is 4.20. The van der Waals surface area contributed by atoms with Crippen molar-refractivity contribution in [2.75, 3.05) is 0 Å². The molecule has 0 bridgehead atoms. The Morgan fingerprint density at radius 3 is 2.22 bits per heavy atom. The van der Waals surface area contributed by atoms with Crippen LogP contribution in [0.3, 0.4) is 0 Å². The molecule has 6 heteroatoms. The fourth-order valence-electron chi connectivity index (χ4n) is 4.05. The van der Waals surface area contributed by atoms with Crippen LogP contribution in [0.2, 0.25) is 0 Å². The summed E-state index contributed by atoms with van der Waals surface area (Å²) in [4.78, 5) is 13.4. The summed E-state index contributed by atoms with van der Waals surface area (Å²) >= 11 is 0. The van der Waals surface area contributed by atoms with Crippen molar-refractivity contribution in [1.29, 1.82) is 5.41 Å². The van der Waals surface area contributed by atoms with Gasteiger partial charge in [-0.05, 0) is 51.2 Å². The third-order valence-electron chi connectivity index (χ3n) is 5.35. The predicted molar refractivity (Wildman–Crippen MR) is 108 cm³/mol. The molecule has 1 aliphatic rings. The monoisotopic (exact) mass is 373 g/mol. The maximum absolute atomic E-state index is 11.8. The Hall–Kier alpha value is -2.37. The van der Waals surface area contributed by atoms with Crippen molar-refractivity contribution in [3.63, 3.8) is 0 Å². The van der Waals surface area contributed by atoms with Gasteiger partial charge in [0.25, 0.3) is 5.88 Å². The van der Waals surface area contributed by atoms with Crippen LogP contribution in [0, 0.1) is 36.3 Å². The van der Waals surface area contributed by atoms with E-state index < -0.39 is 4.92 Å². The van der Waals surface area contributed by atoms with Gasteiger partial charge in [-0.2, -0.15) is 0 Å². The highest BCUT2D eigenvalue weighted by molar-refractivity contribution is 5.97. The van der Waals surface area contributed by atoms with Gasteiger partial charge < -0.3 is 9.64 Å². The first kappa shape index (κ1) is 20.9. The third kappa shape index (κ3) is 4.15. The molecule has 27 heavy (non-hydrogen) atoms. The second-order valence-electron chi connectivity index (χ2n) is 7.36. The highest BCUT2D eigenvalue weighted by Gasteiger charge is 2.42. The molecule has 0 spiro atoms. The fraction of sp³-hybridized carbons (Fsp3) is 0.571. The Balaban J connectivity index is 2.67.